The summed E-state index contributed by atoms with van der Waals surface area (Å²) in [6, 6.07) is 20.5. The summed E-state index contributed by atoms with van der Waals surface area (Å²) in [6.07, 6.45) is 1.50. The van der Waals surface area contributed by atoms with Crippen LogP contribution in [0.3, 0.4) is 0 Å². The number of carbonyl (C=O) groups is 1. The first kappa shape index (κ1) is 22.6. The van der Waals surface area contributed by atoms with Crippen LogP contribution in [0.25, 0.3) is 27.4 Å². The van der Waals surface area contributed by atoms with Crippen molar-refractivity contribution in [3.8, 4) is 17.2 Å². The highest BCUT2D eigenvalue weighted by Crippen LogP contribution is 2.46. The lowest BCUT2D eigenvalue weighted by molar-refractivity contribution is 0.0961. The third-order valence-corrected chi connectivity index (χ3v) is 6.65. The molecule has 2 heterocycles. The maximum absolute atomic E-state index is 15.6. The van der Waals surface area contributed by atoms with Crippen molar-refractivity contribution >= 4 is 39.0 Å². The predicted molar refractivity (Wildman–Crippen MR) is 144 cm³/mol. The smallest absolute Gasteiger partial charge is 0.256 e. The third kappa shape index (κ3) is 3.65. The van der Waals surface area contributed by atoms with Gasteiger partial charge in [-0.1, -0.05) is 36.4 Å². The van der Waals surface area contributed by atoms with Crippen molar-refractivity contribution in [2.75, 3.05) is 24.7 Å². The number of anilines is 2. The van der Waals surface area contributed by atoms with E-state index in [4.69, 9.17) is 4.74 Å². The molecule has 3 N–H and O–H groups in total. The van der Waals surface area contributed by atoms with Crippen LogP contribution in [0, 0.1) is 5.82 Å². The van der Waals surface area contributed by atoms with E-state index in [1.54, 1.807) is 4.57 Å². The van der Waals surface area contributed by atoms with Gasteiger partial charge < -0.3 is 25.3 Å². The van der Waals surface area contributed by atoms with Crippen molar-refractivity contribution in [3.63, 3.8) is 0 Å². The lowest BCUT2D eigenvalue weighted by Gasteiger charge is -2.26. The molecule has 5 aromatic rings. The molecule has 8 heteroatoms. The zero-order chi connectivity index (χ0) is 25.7. The number of amides is 1. The SMILES string of the molecule is CNC(=O)c1cn2c3c(c(NCc4cccc(NC)c4)c(F)cc3c1=O)Oc1cc3ccccc3cc1-2. The molecule has 0 bridgehead atoms. The monoisotopic (exact) mass is 494 g/mol. The minimum absolute atomic E-state index is 0.0649. The molecule has 0 unspecified atom stereocenters. The summed E-state index contributed by atoms with van der Waals surface area (Å²) in [5.74, 6) is -0.500. The lowest BCUT2D eigenvalue weighted by Crippen LogP contribution is -2.27. The van der Waals surface area contributed by atoms with Crippen LogP contribution in [-0.2, 0) is 6.54 Å². The first-order chi connectivity index (χ1) is 18.0. The summed E-state index contributed by atoms with van der Waals surface area (Å²) in [5.41, 5.74) is 2.43. The molecule has 0 fully saturated rings. The van der Waals surface area contributed by atoms with Gasteiger partial charge in [-0.3, -0.25) is 9.59 Å². The van der Waals surface area contributed by atoms with Gasteiger partial charge in [0, 0.05) is 32.5 Å². The van der Waals surface area contributed by atoms with Gasteiger partial charge in [-0.2, -0.15) is 0 Å². The minimum atomic E-state index is -0.644. The van der Waals surface area contributed by atoms with Gasteiger partial charge in [0.1, 0.15) is 16.8 Å². The number of aromatic nitrogens is 1. The molecular weight excluding hydrogens is 471 g/mol. The van der Waals surface area contributed by atoms with Crippen LogP contribution in [0.1, 0.15) is 15.9 Å². The summed E-state index contributed by atoms with van der Waals surface area (Å²) in [4.78, 5) is 25.9. The molecule has 1 aromatic heterocycles. The van der Waals surface area contributed by atoms with E-state index >= 15 is 4.39 Å². The van der Waals surface area contributed by atoms with E-state index in [0.717, 1.165) is 22.0 Å². The number of halogens is 1. The second-order valence-corrected chi connectivity index (χ2v) is 8.85. The molecule has 0 aliphatic carbocycles. The average molecular weight is 495 g/mol. The minimum Gasteiger partial charge on any atom is -0.451 e. The summed E-state index contributed by atoms with van der Waals surface area (Å²) in [6.45, 7) is 0.333. The first-order valence-electron chi connectivity index (χ1n) is 11.8. The van der Waals surface area contributed by atoms with Gasteiger partial charge in [0.25, 0.3) is 5.91 Å². The van der Waals surface area contributed by atoms with E-state index in [-0.39, 0.29) is 22.4 Å². The topological polar surface area (TPSA) is 84.4 Å². The van der Waals surface area contributed by atoms with E-state index in [1.165, 1.54) is 19.3 Å². The summed E-state index contributed by atoms with van der Waals surface area (Å²) < 4.78 is 23.6. The maximum Gasteiger partial charge on any atom is 0.256 e. The van der Waals surface area contributed by atoms with E-state index < -0.39 is 17.2 Å². The van der Waals surface area contributed by atoms with Gasteiger partial charge in [-0.25, -0.2) is 4.39 Å². The molecule has 0 spiro atoms. The fourth-order valence-corrected chi connectivity index (χ4v) is 4.79. The molecule has 1 aliphatic heterocycles. The second kappa shape index (κ2) is 8.67. The molecule has 0 saturated heterocycles. The van der Waals surface area contributed by atoms with Gasteiger partial charge in [0.2, 0.25) is 5.43 Å². The Morgan fingerprint density at radius 3 is 2.54 bits per heavy atom. The Bertz CT molecular complexity index is 1790. The van der Waals surface area contributed by atoms with E-state index in [2.05, 4.69) is 16.0 Å². The number of carbonyl (C=O) groups excluding carboxylic acids is 1. The van der Waals surface area contributed by atoms with Crippen LogP contribution in [0.15, 0.2) is 77.7 Å². The number of benzene rings is 4. The lowest BCUT2D eigenvalue weighted by atomic mass is 10.0. The zero-order valence-corrected chi connectivity index (χ0v) is 20.2. The molecule has 7 nitrogen and oxygen atoms in total. The third-order valence-electron chi connectivity index (χ3n) is 6.65. The fourth-order valence-electron chi connectivity index (χ4n) is 4.79. The van der Waals surface area contributed by atoms with Crippen LogP contribution in [0.5, 0.6) is 11.5 Å². The maximum atomic E-state index is 15.6. The Kier molecular flexibility index (Phi) is 5.30. The highest BCUT2D eigenvalue weighted by Gasteiger charge is 2.28. The standard InChI is InChI=1S/C29H23FN4O3/c1-31-19-9-5-6-16(10-19)14-33-25-22(30)13-20-26-28(25)37-24-12-18-8-4-3-7-17(18)11-23(24)34(26)15-21(27(20)35)29(36)32-2/h3-13,15,31,33H,14H2,1-2H3,(H,32,36). The van der Waals surface area contributed by atoms with Crippen molar-refractivity contribution < 1.29 is 13.9 Å². The van der Waals surface area contributed by atoms with E-state index in [0.29, 0.717) is 23.5 Å². The molecule has 0 radical (unpaired) electrons. The van der Waals surface area contributed by atoms with Gasteiger partial charge in [0.05, 0.1) is 11.1 Å². The molecule has 1 amide bonds. The van der Waals surface area contributed by atoms with Gasteiger partial charge in [-0.15, -0.1) is 0 Å². The Morgan fingerprint density at radius 1 is 1.00 bits per heavy atom. The highest BCUT2D eigenvalue weighted by molar-refractivity contribution is 6.02. The number of hydrogen-bond acceptors (Lipinski definition) is 5. The Balaban J connectivity index is 1.59. The number of nitrogens with zero attached hydrogens (tertiary/aromatic N) is 1. The number of nitrogens with one attached hydrogen (secondary N) is 3. The largest absolute Gasteiger partial charge is 0.451 e. The van der Waals surface area contributed by atoms with Crippen molar-refractivity contribution in [1.82, 2.24) is 9.88 Å². The molecule has 4 aromatic carbocycles. The Morgan fingerprint density at radius 2 is 1.78 bits per heavy atom. The van der Waals surface area contributed by atoms with Crippen LogP contribution in [-0.4, -0.2) is 24.6 Å². The van der Waals surface area contributed by atoms with Crippen molar-refractivity contribution in [2.24, 2.45) is 0 Å². The molecule has 6 rings (SSSR count). The van der Waals surface area contributed by atoms with Crippen molar-refractivity contribution in [3.05, 3.63) is 100 Å². The summed E-state index contributed by atoms with van der Waals surface area (Å²) in [7, 11) is 3.29. The van der Waals surface area contributed by atoms with Gasteiger partial charge in [0.15, 0.2) is 17.3 Å². The van der Waals surface area contributed by atoms with Gasteiger partial charge >= 0.3 is 0 Å². The first-order valence-corrected chi connectivity index (χ1v) is 11.8. The summed E-state index contributed by atoms with van der Waals surface area (Å²) in [5, 5.41) is 10.7. The molecule has 184 valence electrons. The van der Waals surface area contributed by atoms with Crippen LogP contribution < -0.4 is 26.1 Å². The normalized spacial score (nSPS) is 11.6. The Labute approximate surface area is 211 Å². The van der Waals surface area contributed by atoms with Gasteiger partial charge in [-0.05, 0) is 46.7 Å². The highest BCUT2D eigenvalue weighted by atomic mass is 19.1. The number of fused-ring (bicyclic) bond motifs is 3. The van der Waals surface area contributed by atoms with E-state index in [9.17, 15) is 9.59 Å². The molecule has 0 atom stereocenters. The average Bonchev–Trinajstić information content (AvgIpc) is 2.92. The van der Waals surface area contributed by atoms with Crippen LogP contribution in [0.4, 0.5) is 15.8 Å². The fraction of sp³-hybridized carbons (Fsp3) is 0.103. The molecule has 1 aliphatic rings. The number of hydrogen-bond donors (Lipinski definition) is 3. The van der Waals surface area contributed by atoms with E-state index in [1.807, 2.05) is 67.7 Å². The van der Waals surface area contributed by atoms with Crippen LogP contribution in [0.2, 0.25) is 0 Å². The number of ether oxygens (including phenoxy) is 1. The van der Waals surface area contributed by atoms with Crippen molar-refractivity contribution in [1.29, 1.82) is 0 Å². The molecular formula is C29H23FN4O3. The van der Waals surface area contributed by atoms with Crippen molar-refractivity contribution in [2.45, 2.75) is 6.54 Å². The number of rotatable bonds is 5. The number of pyridine rings is 1. The zero-order valence-electron chi connectivity index (χ0n) is 20.2. The quantitative estimate of drug-likeness (QED) is 0.299. The molecule has 37 heavy (non-hydrogen) atoms. The molecule has 0 saturated carbocycles. The van der Waals surface area contributed by atoms with Crippen LogP contribution >= 0.6 is 0 Å². The summed E-state index contributed by atoms with van der Waals surface area (Å²) >= 11 is 0. The second-order valence-electron chi connectivity index (χ2n) is 8.85. The predicted octanol–water partition coefficient (Wildman–Crippen LogP) is 5.40. The Hall–Kier alpha value is -4.85.